The quantitative estimate of drug-likeness (QED) is 0.255. The predicted molar refractivity (Wildman–Crippen MR) is 164 cm³/mol. The maximum absolute atomic E-state index is 15.9. The molecule has 8 amide bonds. The molecule has 0 aromatic carbocycles. The van der Waals surface area contributed by atoms with E-state index in [1.165, 1.54) is 16.8 Å². The summed E-state index contributed by atoms with van der Waals surface area (Å²) in [5.74, 6) is -2.17. The molecule has 14 nitrogen and oxygen atoms in total. The Morgan fingerprint density at radius 1 is 0.936 bits per heavy atom. The first-order valence-corrected chi connectivity index (χ1v) is 16.6. The number of ether oxygens (including phenoxy) is 1. The number of barbiturate groups is 1. The van der Waals surface area contributed by atoms with Gasteiger partial charge in [-0.15, -0.1) is 0 Å². The second kappa shape index (κ2) is 11.1. The van der Waals surface area contributed by atoms with E-state index >= 15 is 4.39 Å². The molecule has 3 heterocycles. The molecule has 0 unspecified atom stereocenters. The summed E-state index contributed by atoms with van der Waals surface area (Å²) in [7, 11) is 1.40. The molecule has 0 radical (unpaired) electrons. The molecule has 6 rings (SSSR count). The third-order valence-corrected chi connectivity index (χ3v) is 11.0. The van der Waals surface area contributed by atoms with E-state index in [2.05, 4.69) is 0 Å². The highest BCUT2D eigenvalue weighted by molar-refractivity contribution is 6.29. The highest BCUT2D eigenvalue weighted by Crippen LogP contribution is 2.61. The second-order valence-corrected chi connectivity index (χ2v) is 15.7. The lowest BCUT2D eigenvalue weighted by atomic mass is 9.51. The lowest BCUT2D eigenvalue weighted by Gasteiger charge is -2.60. The summed E-state index contributed by atoms with van der Waals surface area (Å²) in [6.07, 6.45) is 5.89. The van der Waals surface area contributed by atoms with Gasteiger partial charge in [0.15, 0.2) is 5.67 Å². The Labute approximate surface area is 273 Å². The summed E-state index contributed by atoms with van der Waals surface area (Å²) in [5, 5.41) is 0. The maximum atomic E-state index is 15.9. The third kappa shape index (κ3) is 5.48. The zero-order valence-electron chi connectivity index (χ0n) is 27.7. The topological polar surface area (TPSA) is 180 Å². The number of hydrogen-bond acceptors (Lipinski definition) is 9. The number of rotatable bonds is 5. The van der Waals surface area contributed by atoms with Crippen molar-refractivity contribution in [3.05, 3.63) is 11.4 Å². The van der Waals surface area contributed by atoms with E-state index in [-0.39, 0.29) is 49.0 Å². The summed E-state index contributed by atoms with van der Waals surface area (Å²) in [6.45, 7) is 4.57. The van der Waals surface area contributed by atoms with Gasteiger partial charge in [0, 0.05) is 19.6 Å². The van der Waals surface area contributed by atoms with Crippen LogP contribution >= 0.6 is 0 Å². The normalized spacial score (nSPS) is 31.3. The van der Waals surface area contributed by atoms with Gasteiger partial charge in [0.1, 0.15) is 22.5 Å². The first-order valence-electron chi connectivity index (χ1n) is 16.6. The summed E-state index contributed by atoms with van der Waals surface area (Å²) in [4.78, 5) is 85.3. The molecular formula is C32H46FN7O7. The van der Waals surface area contributed by atoms with E-state index in [0.717, 1.165) is 40.4 Å². The number of carbonyl (C=O) groups is 6. The van der Waals surface area contributed by atoms with Gasteiger partial charge >= 0.3 is 18.2 Å². The van der Waals surface area contributed by atoms with Crippen molar-refractivity contribution < 1.29 is 37.9 Å². The van der Waals surface area contributed by atoms with Crippen LogP contribution in [0.2, 0.25) is 0 Å². The first kappa shape index (κ1) is 33.0. The number of urea groups is 2. The fourth-order valence-electron chi connectivity index (χ4n) is 8.76. The molecule has 0 atom stereocenters. The van der Waals surface area contributed by atoms with Crippen LogP contribution in [0.5, 0.6) is 0 Å². The van der Waals surface area contributed by atoms with Crippen molar-refractivity contribution in [3.8, 4) is 0 Å². The molecular weight excluding hydrogens is 613 g/mol. The van der Waals surface area contributed by atoms with E-state index in [1.807, 2.05) is 0 Å². The van der Waals surface area contributed by atoms with Gasteiger partial charge in [0.05, 0.1) is 19.6 Å². The molecule has 0 aromatic heterocycles. The molecule has 6 fully saturated rings. The maximum Gasteiger partial charge on any atom is 0.410 e. The molecule has 3 aliphatic carbocycles. The van der Waals surface area contributed by atoms with Crippen molar-refractivity contribution in [1.29, 1.82) is 0 Å². The molecule has 3 saturated heterocycles. The zero-order valence-corrected chi connectivity index (χ0v) is 27.7. The van der Waals surface area contributed by atoms with Gasteiger partial charge in [-0.25, -0.2) is 18.8 Å². The summed E-state index contributed by atoms with van der Waals surface area (Å²) >= 11 is 0. The Morgan fingerprint density at radius 3 is 2.09 bits per heavy atom. The molecule has 258 valence electrons. The summed E-state index contributed by atoms with van der Waals surface area (Å²) < 4.78 is 21.2. The Bertz CT molecular complexity index is 1420. The average molecular weight is 660 g/mol. The molecule has 3 saturated carbocycles. The molecule has 2 spiro atoms. The van der Waals surface area contributed by atoms with E-state index in [0.29, 0.717) is 38.5 Å². The molecule has 3 aliphatic heterocycles. The number of alkyl halides is 1. The largest absolute Gasteiger partial charge is 0.444 e. The number of carbonyl (C=O) groups excluding carboxylic acids is 6. The molecule has 6 aliphatic rings. The minimum atomic E-state index is -1.88. The van der Waals surface area contributed by atoms with Crippen LogP contribution in [0.15, 0.2) is 11.4 Å². The average Bonchev–Trinajstić information content (AvgIpc) is 3.52. The van der Waals surface area contributed by atoms with Crippen molar-refractivity contribution in [1.82, 2.24) is 24.5 Å². The van der Waals surface area contributed by atoms with Crippen LogP contribution in [0.4, 0.5) is 18.8 Å². The number of likely N-dealkylation sites (N-methyl/N-ethyl adjacent to an activating group) is 1. The molecule has 47 heavy (non-hydrogen) atoms. The van der Waals surface area contributed by atoms with Gasteiger partial charge in [0.2, 0.25) is 0 Å². The molecule has 0 aromatic rings. The molecule has 4 N–H and O–H groups in total. The number of amides is 8. The molecule has 0 bridgehead atoms. The van der Waals surface area contributed by atoms with Crippen molar-refractivity contribution in [3.63, 3.8) is 0 Å². The van der Waals surface area contributed by atoms with E-state index in [1.54, 1.807) is 20.8 Å². The minimum Gasteiger partial charge on any atom is -0.444 e. The Kier molecular flexibility index (Phi) is 7.78. The smallest absolute Gasteiger partial charge is 0.410 e. The van der Waals surface area contributed by atoms with Gasteiger partial charge in [-0.3, -0.25) is 29.1 Å². The van der Waals surface area contributed by atoms with Gasteiger partial charge in [-0.1, -0.05) is 12.8 Å². The van der Waals surface area contributed by atoms with Crippen LogP contribution < -0.4 is 11.5 Å². The van der Waals surface area contributed by atoms with E-state index < -0.39 is 58.6 Å². The summed E-state index contributed by atoms with van der Waals surface area (Å²) in [6, 6.07) is -1.71. The minimum absolute atomic E-state index is 0.163. The fourth-order valence-corrected chi connectivity index (χ4v) is 8.76. The lowest BCUT2D eigenvalue weighted by Crippen LogP contribution is -2.71. The standard InChI is InChI=1S/C32H46FN7O7/c1-29(2,3)47-28(46)37-16-31(33,17-37)18-39-26(44)36(4)25(43)32(39)14-30(15-32)11-9-20(10-12-30)40-24(42)21(22(34)35)23(41)38(27(40)45)13-19-7-5-6-8-19/h19-20H,5-18,34-35H2,1-4H3. The number of imide groups is 3. The highest BCUT2D eigenvalue weighted by atomic mass is 19.1. The number of likely N-dealkylation sites (tertiary alicyclic amines) is 1. The van der Waals surface area contributed by atoms with Crippen molar-refractivity contribution in [2.45, 2.75) is 108 Å². The number of nitrogens with zero attached hydrogens (tertiary/aromatic N) is 5. The molecule has 15 heteroatoms. The van der Waals surface area contributed by atoms with Gasteiger partial charge < -0.3 is 26.0 Å². The summed E-state index contributed by atoms with van der Waals surface area (Å²) in [5.41, 5.74) is 7.05. The van der Waals surface area contributed by atoms with Gasteiger partial charge in [-0.05, 0) is 83.5 Å². The van der Waals surface area contributed by atoms with Crippen LogP contribution in [-0.2, 0) is 19.1 Å². The van der Waals surface area contributed by atoms with Crippen LogP contribution in [0, 0.1) is 11.3 Å². The van der Waals surface area contributed by atoms with Crippen molar-refractivity contribution in [2.24, 2.45) is 22.8 Å². The second-order valence-electron chi connectivity index (χ2n) is 15.7. The number of hydrogen-bond donors (Lipinski definition) is 2. The SMILES string of the molecule is CN1C(=O)N(CC2(F)CN(C(=O)OC(C)(C)C)C2)C2(CC3(CCC(N4C(=O)C(=C(N)N)C(=O)N(CC5CCCC5)C4=O)CC3)C2)C1=O. The van der Waals surface area contributed by atoms with Gasteiger partial charge in [0.25, 0.3) is 17.7 Å². The first-order chi connectivity index (χ1) is 21.9. The predicted octanol–water partition coefficient (Wildman–Crippen LogP) is 2.41. The van der Waals surface area contributed by atoms with Crippen LogP contribution in [-0.4, -0.2) is 116 Å². The van der Waals surface area contributed by atoms with Crippen LogP contribution in [0.25, 0.3) is 0 Å². The number of halogens is 1. The Hall–Kier alpha value is -3.91. The fraction of sp³-hybridized carbons (Fsp3) is 0.750. The number of nitrogens with two attached hydrogens (primary N) is 2. The lowest BCUT2D eigenvalue weighted by molar-refractivity contribution is -0.154. The van der Waals surface area contributed by atoms with Crippen molar-refractivity contribution in [2.75, 3.05) is 33.2 Å². The monoisotopic (exact) mass is 659 g/mol. The van der Waals surface area contributed by atoms with Crippen LogP contribution in [0.1, 0.15) is 85.0 Å². The van der Waals surface area contributed by atoms with E-state index in [9.17, 15) is 28.8 Å². The zero-order chi connectivity index (χ0) is 34.3. The van der Waals surface area contributed by atoms with Crippen LogP contribution in [0.3, 0.4) is 0 Å². The Morgan fingerprint density at radius 2 is 1.53 bits per heavy atom. The van der Waals surface area contributed by atoms with Gasteiger partial charge in [-0.2, -0.15) is 0 Å². The van der Waals surface area contributed by atoms with Crippen molar-refractivity contribution >= 4 is 35.9 Å². The third-order valence-electron chi connectivity index (χ3n) is 11.0. The van der Waals surface area contributed by atoms with E-state index in [4.69, 9.17) is 16.2 Å². The highest BCUT2D eigenvalue weighted by Gasteiger charge is 2.69. The Balaban J connectivity index is 1.12.